The second-order valence-electron chi connectivity index (χ2n) is 8.08. The largest absolute Gasteiger partial charge is 0.494 e. The molecule has 4 aromatic carbocycles. The highest BCUT2D eigenvalue weighted by Gasteiger charge is 2.13. The van der Waals surface area contributed by atoms with Gasteiger partial charge in [0.2, 0.25) is 0 Å². The van der Waals surface area contributed by atoms with Gasteiger partial charge in [-0.05, 0) is 78.5 Å². The van der Waals surface area contributed by atoms with Gasteiger partial charge in [0, 0.05) is 27.6 Å². The van der Waals surface area contributed by atoms with Crippen molar-refractivity contribution in [2.75, 3.05) is 6.61 Å². The molecule has 0 fully saturated rings. The minimum absolute atomic E-state index is 0.0199. The van der Waals surface area contributed by atoms with Crippen molar-refractivity contribution in [3.05, 3.63) is 113 Å². The van der Waals surface area contributed by atoms with Gasteiger partial charge in [-0.15, -0.1) is 0 Å². The van der Waals surface area contributed by atoms with Gasteiger partial charge in [-0.25, -0.2) is 13.2 Å². The molecule has 0 bridgehead atoms. The zero-order valence-corrected chi connectivity index (χ0v) is 19.3. The molecule has 35 heavy (non-hydrogen) atoms. The number of benzene rings is 4. The Labute approximate surface area is 203 Å². The van der Waals surface area contributed by atoms with Crippen molar-refractivity contribution < 1.29 is 17.9 Å². The summed E-state index contributed by atoms with van der Waals surface area (Å²) in [4.78, 5) is 0. The number of fused-ring (bicyclic) bond motifs is 1. The Morgan fingerprint density at radius 3 is 1.77 bits per heavy atom. The van der Waals surface area contributed by atoms with E-state index in [4.69, 9.17) is 4.74 Å². The van der Waals surface area contributed by atoms with Gasteiger partial charge in [0.05, 0.1) is 6.61 Å². The Balaban J connectivity index is 1.41. The first kappa shape index (κ1) is 24.0. The molecule has 0 spiro atoms. The van der Waals surface area contributed by atoms with Gasteiger partial charge in [0.15, 0.2) is 17.5 Å². The number of hydrogen-bond donors (Lipinski definition) is 0. The van der Waals surface area contributed by atoms with Crippen LogP contribution >= 0.6 is 0 Å². The molecule has 4 heteroatoms. The topological polar surface area (TPSA) is 9.23 Å². The van der Waals surface area contributed by atoms with Crippen molar-refractivity contribution in [2.24, 2.45) is 0 Å². The lowest BCUT2D eigenvalue weighted by molar-refractivity contribution is 0.306. The molecule has 0 amide bonds. The average molecular weight is 469 g/mol. The summed E-state index contributed by atoms with van der Waals surface area (Å²) < 4.78 is 46.5. The van der Waals surface area contributed by atoms with E-state index in [1.165, 1.54) is 25.0 Å². The maximum Gasteiger partial charge on any atom is 0.195 e. The predicted molar refractivity (Wildman–Crippen MR) is 134 cm³/mol. The molecule has 0 atom stereocenters. The van der Waals surface area contributed by atoms with E-state index in [-0.39, 0.29) is 10.8 Å². The molecule has 0 aliphatic carbocycles. The van der Waals surface area contributed by atoms with Crippen LogP contribution in [0.2, 0.25) is 0 Å². The fourth-order valence-corrected chi connectivity index (χ4v) is 3.48. The molecule has 0 saturated heterocycles. The molecular formula is C31H23F3O. The van der Waals surface area contributed by atoms with Gasteiger partial charge in [-0.1, -0.05) is 49.5 Å². The van der Waals surface area contributed by atoms with Crippen LogP contribution in [0.3, 0.4) is 0 Å². The maximum atomic E-state index is 13.9. The first-order chi connectivity index (χ1) is 17.0. The Kier molecular flexibility index (Phi) is 7.76. The zero-order chi connectivity index (χ0) is 24.6. The molecule has 0 aliphatic rings. The highest BCUT2D eigenvalue weighted by molar-refractivity contribution is 5.84. The lowest BCUT2D eigenvalue weighted by Crippen LogP contribution is -1.96. The number of hydrogen-bond acceptors (Lipinski definition) is 1. The summed E-state index contributed by atoms with van der Waals surface area (Å²) in [5.41, 5.74) is 3.11. The molecule has 0 saturated carbocycles. The van der Waals surface area contributed by atoms with Crippen LogP contribution in [0.4, 0.5) is 13.2 Å². The van der Waals surface area contributed by atoms with Crippen LogP contribution in [-0.2, 0) is 0 Å². The van der Waals surface area contributed by atoms with E-state index in [0.717, 1.165) is 41.5 Å². The van der Waals surface area contributed by atoms with Gasteiger partial charge in [-0.3, -0.25) is 0 Å². The average Bonchev–Trinajstić information content (AvgIpc) is 2.88. The van der Waals surface area contributed by atoms with Crippen LogP contribution in [0, 0.1) is 41.1 Å². The van der Waals surface area contributed by atoms with E-state index in [2.05, 4.69) is 30.6 Å². The third kappa shape index (κ3) is 6.25. The lowest BCUT2D eigenvalue weighted by atomic mass is 10.1. The molecule has 1 nitrogen and oxygen atoms in total. The second-order valence-corrected chi connectivity index (χ2v) is 8.08. The predicted octanol–water partition coefficient (Wildman–Crippen LogP) is 7.63. The maximum absolute atomic E-state index is 13.9. The summed E-state index contributed by atoms with van der Waals surface area (Å²) in [6.07, 6.45) is 3.40. The smallest absolute Gasteiger partial charge is 0.195 e. The van der Waals surface area contributed by atoms with Crippen LogP contribution in [0.25, 0.3) is 10.8 Å². The van der Waals surface area contributed by atoms with E-state index < -0.39 is 17.5 Å². The molecular weight excluding hydrogens is 445 g/mol. The first-order valence-corrected chi connectivity index (χ1v) is 11.5. The standard InChI is InChI=1S/C31H23F3O/c1-2-3-4-19-35-27-16-13-24(14-17-27)10-9-22-5-7-23(8-6-22)11-12-25-15-18-28-26(20-25)21-29(32)31(34)30(28)33/h5-8,13-18,20-21H,2-4,19H2,1H3. The fraction of sp³-hybridized carbons (Fsp3) is 0.161. The highest BCUT2D eigenvalue weighted by Crippen LogP contribution is 2.24. The van der Waals surface area contributed by atoms with E-state index in [1.54, 1.807) is 6.07 Å². The third-order valence-electron chi connectivity index (χ3n) is 5.43. The summed E-state index contributed by atoms with van der Waals surface area (Å²) in [6, 6.07) is 20.7. The molecule has 0 heterocycles. The summed E-state index contributed by atoms with van der Waals surface area (Å²) in [5, 5.41) is 0.279. The van der Waals surface area contributed by atoms with Crippen LogP contribution in [0.15, 0.2) is 72.8 Å². The van der Waals surface area contributed by atoms with E-state index in [9.17, 15) is 13.2 Å². The Hall–Kier alpha value is -4.15. The molecule has 0 N–H and O–H groups in total. The van der Waals surface area contributed by atoms with Gasteiger partial charge >= 0.3 is 0 Å². The van der Waals surface area contributed by atoms with Crippen LogP contribution in [-0.4, -0.2) is 6.61 Å². The summed E-state index contributed by atoms with van der Waals surface area (Å²) >= 11 is 0. The van der Waals surface area contributed by atoms with Crippen molar-refractivity contribution in [3.63, 3.8) is 0 Å². The number of rotatable bonds is 5. The van der Waals surface area contributed by atoms with Crippen molar-refractivity contribution in [1.29, 1.82) is 0 Å². The first-order valence-electron chi connectivity index (χ1n) is 11.5. The fourth-order valence-electron chi connectivity index (χ4n) is 3.48. The van der Waals surface area contributed by atoms with Gasteiger partial charge < -0.3 is 4.74 Å². The summed E-state index contributed by atoms with van der Waals surface area (Å²) in [6.45, 7) is 2.89. The normalized spacial score (nSPS) is 10.3. The van der Waals surface area contributed by atoms with E-state index >= 15 is 0 Å². The van der Waals surface area contributed by atoms with E-state index in [0.29, 0.717) is 5.56 Å². The zero-order valence-electron chi connectivity index (χ0n) is 19.3. The van der Waals surface area contributed by atoms with E-state index in [1.807, 2.05) is 48.5 Å². The molecule has 0 radical (unpaired) electrons. The highest BCUT2D eigenvalue weighted by atomic mass is 19.2. The summed E-state index contributed by atoms with van der Waals surface area (Å²) in [7, 11) is 0. The minimum atomic E-state index is -1.47. The van der Waals surface area contributed by atoms with Crippen molar-refractivity contribution in [3.8, 4) is 29.4 Å². The van der Waals surface area contributed by atoms with Gasteiger partial charge in [-0.2, -0.15) is 0 Å². The Morgan fingerprint density at radius 2 is 1.17 bits per heavy atom. The van der Waals surface area contributed by atoms with Gasteiger partial charge in [0.25, 0.3) is 0 Å². The van der Waals surface area contributed by atoms with Crippen molar-refractivity contribution in [1.82, 2.24) is 0 Å². The molecule has 4 rings (SSSR count). The Morgan fingerprint density at radius 1 is 0.629 bits per heavy atom. The number of ether oxygens (including phenoxy) is 1. The minimum Gasteiger partial charge on any atom is -0.494 e. The lowest BCUT2D eigenvalue weighted by Gasteiger charge is -2.05. The molecule has 4 aromatic rings. The number of halogens is 3. The van der Waals surface area contributed by atoms with Crippen molar-refractivity contribution in [2.45, 2.75) is 26.2 Å². The third-order valence-corrected chi connectivity index (χ3v) is 5.43. The molecule has 174 valence electrons. The Bertz CT molecular complexity index is 1450. The summed E-state index contributed by atoms with van der Waals surface area (Å²) in [5.74, 6) is 9.25. The number of unbranched alkanes of at least 4 members (excludes halogenated alkanes) is 2. The van der Waals surface area contributed by atoms with Crippen molar-refractivity contribution >= 4 is 10.8 Å². The van der Waals surface area contributed by atoms with Crippen LogP contribution in [0.5, 0.6) is 5.75 Å². The molecule has 0 aliphatic heterocycles. The monoisotopic (exact) mass is 468 g/mol. The molecule has 0 unspecified atom stereocenters. The van der Waals surface area contributed by atoms with Crippen LogP contribution < -0.4 is 4.74 Å². The van der Waals surface area contributed by atoms with Gasteiger partial charge in [0.1, 0.15) is 5.75 Å². The SMILES string of the molecule is CCCCCOc1ccc(C#Cc2ccc(C#Cc3ccc4c(F)c(F)c(F)cc4c3)cc2)cc1. The quantitative estimate of drug-likeness (QED) is 0.166. The van der Waals surface area contributed by atoms with Crippen LogP contribution in [0.1, 0.15) is 48.4 Å². The molecule has 0 aromatic heterocycles. The second kappa shape index (κ2) is 11.3.